The maximum absolute atomic E-state index is 12.5. The highest BCUT2D eigenvalue weighted by molar-refractivity contribution is 7.45. The number of benzene rings is 1. The second-order valence-electron chi connectivity index (χ2n) is 14.2. The van der Waals surface area contributed by atoms with Gasteiger partial charge in [0.05, 0.1) is 27.7 Å². The Kier molecular flexibility index (Phi) is 26.5. The molecule has 13 heteroatoms. The van der Waals surface area contributed by atoms with Gasteiger partial charge in [0.1, 0.15) is 26.4 Å². The van der Waals surface area contributed by atoms with Crippen molar-refractivity contribution in [2.45, 2.75) is 135 Å². The Morgan fingerprint density at radius 1 is 0.725 bits per heavy atom. The lowest BCUT2D eigenvalue weighted by atomic mass is 10.0. The van der Waals surface area contributed by atoms with Crippen molar-refractivity contribution in [1.29, 1.82) is 0 Å². The molecule has 1 aromatic carbocycles. The Balaban J connectivity index is 2.34. The number of unbranched alkanes of at least 4 members (excludes halogenated alkanes) is 14. The van der Waals surface area contributed by atoms with Gasteiger partial charge in [-0.25, -0.2) is 4.79 Å². The fraction of sp³-hybridized carbons (Fsp3) is 0.763. The third-order valence-electron chi connectivity index (χ3n) is 8.18. The van der Waals surface area contributed by atoms with Crippen LogP contribution in [0.4, 0.5) is 4.79 Å². The molecule has 12 nitrogen and oxygen atoms in total. The third-order valence-corrected chi connectivity index (χ3v) is 9.15. The second-order valence-corrected chi connectivity index (χ2v) is 15.6. The maximum Gasteiger partial charge on any atom is 0.407 e. The fourth-order valence-electron chi connectivity index (χ4n) is 5.10. The molecule has 1 N–H and O–H groups in total. The number of phosphoric ester groups is 1. The molecule has 0 fully saturated rings. The van der Waals surface area contributed by atoms with Gasteiger partial charge in [-0.1, -0.05) is 127 Å². The van der Waals surface area contributed by atoms with Crippen molar-refractivity contribution in [3.05, 3.63) is 35.9 Å². The van der Waals surface area contributed by atoms with E-state index in [1.165, 1.54) is 70.6 Å². The van der Waals surface area contributed by atoms with Gasteiger partial charge in [-0.3, -0.25) is 14.2 Å². The number of carbonyl (C=O) groups is 3. The van der Waals surface area contributed by atoms with Crippen molar-refractivity contribution in [2.75, 3.05) is 54.1 Å². The normalized spacial score (nSPS) is 13.3. The van der Waals surface area contributed by atoms with Crippen molar-refractivity contribution in [3.8, 4) is 0 Å². The van der Waals surface area contributed by atoms with Crippen LogP contribution in [-0.4, -0.2) is 82.7 Å². The topological polar surface area (TPSA) is 150 Å². The lowest BCUT2D eigenvalue weighted by Crippen LogP contribution is -2.37. The van der Waals surface area contributed by atoms with E-state index in [1.807, 2.05) is 51.5 Å². The molecule has 0 saturated carbocycles. The number of hydrogen-bond acceptors (Lipinski definition) is 10. The molecule has 0 aliphatic carbocycles. The number of quaternary nitrogens is 1. The van der Waals surface area contributed by atoms with Crippen LogP contribution in [0.1, 0.15) is 128 Å². The summed E-state index contributed by atoms with van der Waals surface area (Å²) in [6.07, 6.45) is 17.0. The molecular formula is C38H67N2O10P. The number of nitrogens with one attached hydrogen (secondary N) is 1. The SMILES string of the molecule is CCCCCCCCCCCCCCCCCC(=O)OC[C@H](COP(=O)([O-])OCC[N+](C)(C)C)OC(=O)CCCNC(=O)OCc1ccccc1. The number of esters is 2. The summed E-state index contributed by atoms with van der Waals surface area (Å²) in [5, 5.41) is 2.57. The van der Waals surface area contributed by atoms with Crippen LogP contribution in [0.5, 0.6) is 0 Å². The van der Waals surface area contributed by atoms with Crippen LogP contribution in [0.15, 0.2) is 30.3 Å². The molecule has 0 saturated heterocycles. The lowest BCUT2D eigenvalue weighted by Gasteiger charge is -2.28. The Morgan fingerprint density at radius 2 is 1.27 bits per heavy atom. The number of hydrogen-bond donors (Lipinski definition) is 1. The van der Waals surface area contributed by atoms with Crippen LogP contribution in [0.2, 0.25) is 0 Å². The average Bonchev–Trinajstić information content (AvgIpc) is 3.08. The first-order valence-corrected chi connectivity index (χ1v) is 20.6. The number of likely N-dealkylation sites (N-methyl/N-ethyl adjacent to an activating group) is 1. The summed E-state index contributed by atoms with van der Waals surface area (Å²) in [5.74, 6) is -1.11. The van der Waals surface area contributed by atoms with Crippen LogP contribution in [0, 0.1) is 0 Å². The molecule has 51 heavy (non-hydrogen) atoms. The molecule has 1 rings (SSSR count). The van der Waals surface area contributed by atoms with Crippen molar-refractivity contribution >= 4 is 25.9 Å². The molecule has 0 radical (unpaired) electrons. The van der Waals surface area contributed by atoms with Crippen LogP contribution in [0.25, 0.3) is 0 Å². The minimum absolute atomic E-state index is 0.0719. The molecule has 294 valence electrons. The number of carbonyl (C=O) groups excluding carboxylic acids is 3. The van der Waals surface area contributed by atoms with Gasteiger partial charge in [-0.2, -0.15) is 0 Å². The first-order valence-electron chi connectivity index (χ1n) is 19.1. The van der Waals surface area contributed by atoms with Crippen molar-refractivity contribution in [3.63, 3.8) is 0 Å². The van der Waals surface area contributed by atoms with E-state index >= 15 is 0 Å². The molecule has 2 atom stereocenters. The van der Waals surface area contributed by atoms with E-state index in [0.29, 0.717) is 17.4 Å². The molecule has 1 amide bonds. The van der Waals surface area contributed by atoms with Gasteiger partial charge in [-0.15, -0.1) is 0 Å². The van der Waals surface area contributed by atoms with Gasteiger partial charge in [-0.05, 0) is 18.4 Å². The van der Waals surface area contributed by atoms with Crippen molar-refractivity contribution in [2.24, 2.45) is 0 Å². The maximum atomic E-state index is 12.5. The predicted molar refractivity (Wildman–Crippen MR) is 197 cm³/mol. The smallest absolute Gasteiger partial charge is 0.407 e. The highest BCUT2D eigenvalue weighted by atomic mass is 31.2. The summed E-state index contributed by atoms with van der Waals surface area (Å²) >= 11 is 0. The van der Waals surface area contributed by atoms with E-state index in [1.54, 1.807) is 0 Å². The second kappa shape index (κ2) is 29.0. The van der Waals surface area contributed by atoms with E-state index in [9.17, 15) is 23.8 Å². The third kappa shape index (κ3) is 29.7. The molecule has 0 spiro atoms. The van der Waals surface area contributed by atoms with Crippen LogP contribution in [0.3, 0.4) is 0 Å². The van der Waals surface area contributed by atoms with E-state index < -0.39 is 38.6 Å². The Labute approximate surface area is 307 Å². The van der Waals surface area contributed by atoms with Gasteiger partial charge >= 0.3 is 18.0 Å². The summed E-state index contributed by atoms with van der Waals surface area (Å²) in [4.78, 5) is 49.2. The van der Waals surface area contributed by atoms with Gasteiger partial charge in [0.15, 0.2) is 6.10 Å². The molecule has 1 aromatic rings. The first-order chi connectivity index (χ1) is 24.4. The number of nitrogens with zero attached hydrogens (tertiary/aromatic N) is 1. The average molecular weight is 743 g/mol. The largest absolute Gasteiger partial charge is 0.756 e. The molecule has 0 aromatic heterocycles. The Bertz CT molecular complexity index is 1100. The first kappa shape index (κ1) is 46.5. The van der Waals surface area contributed by atoms with Crippen molar-refractivity contribution < 1.29 is 51.6 Å². The predicted octanol–water partition coefficient (Wildman–Crippen LogP) is 7.62. The molecule has 0 aliphatic heterocycles. The lowest BCUT2D eigenvalue weighted by molar-refractivity contribution is -0.870. The number of amides is 1. The number of phosphoric acid groups is 1. The van der Waals surface area contributed by atoms with E-state index in [4.69, 9.17) is 23.3 Å². The summed E-state index contributed by atoms with van der Waals surface area (Å²) in [6.45, 7) is 1.96. The molecule has 0 bridgehead atoms. The van der Waals surface area contributed by atoms with E-state index in [-0.39, 0.29) is 45.6 Å². The number of alkyl carbamates (subject to hydrolysis) is 1. The standard InChI is InChI=1S/C38H67N2O10P/c1-5-6-7-8-9-10-11-12-13-14-15-16-17-18-22-26-36(41)46-32-35(33-49-51(44,45)48-30-29-40(2,3)4)50-37(42)27-23-28-39-38(43)47-31-34-24-20-19-21-25-34/h19-21,24-25,35H,5-18,22-23,26-33H2,1-4H3,(H-,39,43,44,45)/t35-/m1/s1. The zero-order valence-corrected chi connectivity index (χ0v) is 32.8. The van der Waals surface area contributed by atoms with E-state index in [2.05, 4.69) is 12.2 Å². The molecular weight excluding hydrogens is 675 g/mol. The van der Waals surface area contributed by atoms with Crippen molar-refractivity contribution in [1.82, 2.24) is 5.32 Å². The Morgan fingerprint density at radius 3 is 1.84 bits per heavy atom. The summed E-state index contributed by atoms with van der Waals surface area (Å²) < 4.78 is 38.6. The van der Waals surface area contributed by atoms with Crippen LogP contribution >= 0.6 is 7.82 Å². The molecule has 0 aliphatic rings. The van der Waals surface area contributed by atoms with Gasteiger partial charge in [0.25, 0.3) is 7.82 Å². The quantitative estimate of drug-likeness (QED) is 0.0257. The molecule has 0 heterocycles. The van der Waals surface area contributed by atoms with Crippen LogP contribution in [-0.2, 0) is 44.0 Å². The van der Waals surface area contributed by atoms with Gasteiger partial charge in [0.2, 0.25) is 0 Å². The van der Waals surface area contributed by atoms with Gasteiger partial charge < -0.3 is 38.0 Å². The summed E-state index contributed by atoms with van der Waals surface area (Å²) in [7, 11) is 0.997. The minimum atomic E-state index is -4.69. The zero-order chi connectivity index (χ0) is 37.6. The fourth-order valence-corrected chi connectivity index (χ4v) is 5.82. The molecule has 1 unspecified atom stereocenters. The number of ether oxygens (including phenoxy) is 3. The highest BCUT2D eigenvalue weighted by Gasteiger charge is 2.22. The monoisotopic (exact) mass is 742 g/mol. The van der Waals surface area contributed by atoms with E-state index in [0.717, 1.165) is 24.8 Å². The number of rotatable bonds is 32. The zero-order valence-electron chi connectivity index (χ0n) is 31.9. The van der Waals surface area contributed by atoms with Crippen LogP contribution < -0.4 is 10.2 Å². The summed E-state index contributed by atoms with van der Waals surface area (Å²) in [5.41, 5.74) is 0.849. The Hall–Kier alpha value is -2.50. The summed E-state index contributed by atoms with van der Waals surface area (Å²) in [6, 6.07) is 9.23. The highest BCUT2D eigenvalue weighted by Crippen LogP contribution is 2.38. The van der Waals surface area contributed by atoms with Gasteiger partial charge in [0, 0.05) is 19.4 Å². The minimum Gasteiger partial charge on any atom is -0.756 e.